The molecule has 0 fully saturated rings. The Kier molecular flexibility index (Phi) is 13.8. The molecule has 0 nitrogen and oxygen atoms in total. The van der Waals surface area contributed by atoms with Gasteiger partial charge in [-0.15, -0.1) is 0 Å². The van der Waals surface area contributed by atoms with Crippen molar-refractivity contribution < 1.29 is 0 Å². The first-order valence-corrected chi connectivity index (χ1v) is 4.24. The molecule has 60 valence electrons. The third-order valence-electron chi connectivity index (χ3n) is 0.986. The third kappa shape index (κ3) is 7.48. The Labute approximate surface area is 65.7 Å². The highest BCUT2D eigenvalue weighted by atomic mass is 14.0. The molecule has 1 aliphatic carbocycles. The van der Waals surface area contributed by atoms with Crippen molar-refractivity contribution in [3.05, 3.63) is 24.3 Å². The van der Waals surface area contributed by atoms with Crippen molar-refractivity contribution in [3.63, 3.8) is 0 Å². The number of hydrogen-bond donors (Lipinski definition) is 0. The maximum atomic E-state index is 3.77. The van der Waals surface area contributed by atoms with Crippen LogP contribution < -0.4 is 0 Å². The van der Waals surface area contributed by atoms with Crippen molar-refractivity contribution in [2.45, 2.75) is 40.5 Å². The van der Waals surface area contributed by atoms with Gasteiger partial charge in [0.1, 0.15) is 0 Å². The largest absolute Gasteiger partial charge is 0.0958 e. The van der Waals surface area contributed by atoms with Crippen LogP contribution in [0.4, 0.5) is 0 Å². The first kappa shape index (κ1) is 12.2. The molecule has 0 aromatic carbocycles. The van der Waals surface area contributed by atoms with Crippen molar-refractivity contribution in [1.29, 1.82) is 0 Å². The zero-order valence-electron chi connectivity index (χ0n) is 7.78. The van der Waals surface area contributed by atoms with Crippen LogP contribution in [-0.2, 0) is 0 Å². The average Bonchev–Trinajstić information content (AvgIpc) is 2.48. The number of rotatable bonds is 0. The van der Waals surface area contributed by atoms with Gasteiger partial charge in [0.05, 0.1) is 0 Å². The molecule has 0 heteroatoms. The Morgan fingerprint density at radius 1 is 1.20 bits per heavy atom. The van der Waals surface area contributed by atoms with Gasteiger partial charge in [-0.05, 0) is 12.8 Å². The second-order valence-electron chi connectivity index (χ2n) is 1.60. The topological polar surface area (TPSA) is 0 Å². The maximum Gasteiger partial charge on any atom is -0.0250 e. The van der Waals surface area contributed by atoms with E-state index in [4.69, 9.17) is 0 Å². The van der Waals surface area contributed by atoms with Gasteiger partial charge >= 0.3 is 0 Å². The Hall–Kier alpha value is -0.520. The van der Waals surface area contributed by atoms with Crippen molar-refractivity contribution in [2.24, 2.45) is 0 Å². The van der Waals surface area contributed by atoms with E-state index in [0.717, 1.165) is 0 Å². The smallest absolute Gasteiger partial charge is 0.0250 e. The van der Waals surface area contributed by atoms with Gasteiger partial charge in [-0.1, -0.05) is 52.0 Å². The summed E-state index contributed by atoms with van der Waals surface area (Å²) in [5.74, 6) is 0. The summed E-state index contributed by atoms with van der Waals surface area (Å²) in [6, 6.07) is 0. The lowest BCUT2D eigenvalue weighted by Crippen LogP contribution is -1.59. The predicted octanol–water partition coefficient (Wildman–Crippen LogP) is 3.95. The van der Waals surface area contributed by atoms with E-state index in [1.807, 2.05) is 27.7 Å². The monoisotopic (exact) mass is 140 g/mol. The standard InChI is InChI=1S/C6H8.2C2H6/c1-6-4-2-3-5-6;2*1-2/h2,4H,1,3,5H2;2*1-2H3. The van der Waals surface area contributed by atoms with E-state index in [-0.39, 0.29) is 0 Å². The van der Waals surface area contributed by atoms with Crippen molar-refractivity contribution in [1.82, 2.24) is 0 Å². The van der Waals surface area contributed by atoms with E-state index in [9.17, 15) is 0 Å². The Morgan fingerprint density at radius 2 is 1.70 bits per heavy atom. The Bertz CT molecular complexity index is 88.2. The SMILES string of the molecule is C=C1C=CCC1.CC.CC. The van der Waals surface area contributed by atoms with E-state index in [1.54, 1.807) is 0 Å². The minimum atomic E-state index is 1.18. The molecular weight excluding hydrogens is 120 g/mol. The van der Waals surface area contributed by atoms with Gasteiger partial charge in [-0.3, -0.25) is 0 Å². The Morgan fingerprint density at radius 3 is 1.80 bits per heavy atom. The van der Waals surface area contributed by atoms with E-state index in [2.05, 4.69) is 18.7 Å². The number of hydrogen-bond acceptors (Lipinski definition) is 0. The molecule has 0 radical (unpaired) electrons. The zero-order chi connectivity index (χ0) is 8.41. The van der Waals surface area contributed by atoms with Crippen molar-refractivity contribution in [3.8, 4) is 0 Å². The molecule has 0 aliphatic heterocycles. The summed E-state index contributed by atoms with van der Waals surface area (Å²) in [7, 11) is 0. The summed E-state index contributed by atoms with van der Waals surface area (Å²) in [4.78, 5) is 0. The summed E-state index contributed by atoms with van der Waals surface area (Å²) in [5, 5.41) is 0. The van der Waals surface area contributed by atoms with Gasteiger partial charge in [0.15, 0.2) is 0 Å². The lowest BCUT2D eigenvalue weighted by Gasteiger charge is -1.78. The lowest BCUT2D eigenvalue weighted by molar-refractivity contribution is 1.07. The van der Waals surface area contributed by atoms with Crippen LogP contribution in [0, 0.1) is 0 Å². The molecule has 1 rings (SSSR count). The lowest BCUT2D eigenvalue weighted by atomic mass is 10.3. The van der Waals surface area contributed by atoms with Crippen molar-refractivity contribution in [2.75, 3.05) is 0 Å². The predicted molar refractivity (Wildman–Crippen MR) is 50.2 cm³/mol. The minimum absolute atomic E-state index is 1.18. The van der Waals surface area contributed by atoms with Crippen LogP contribution >= 0.6 is 0 Å². The molecule has 0 amide bonds. The normalized spacial score (nSPS) is 13.0. The van der Waals surface area contributed by atoms with Crippen molar-refractivity contribution >= 4 is 0 Å². The molecule has 0 unspecified atom stereocenters. The van der Waals surface area contributed by atoms with Crippen LogP contribution in [0.1, 0.15) is 40.5 Å². The van der Waals surface area contributed by atoms with Gasteiger partial charge in [-0.2, -0.15) is 0 Å². The molecule has 0 N–H and O–H groups in total. The highest BCUT2D eigenvalue weighted by molar-refractivity contribution is 5.20. The summed E-state index contributed by atoms with van der Waals surface area (Å²) in [6.45, 7) is 11.8. The highest BCUT2D eigenvalue weighted by Gasteiger charge is 1.91. The molecule has 0 spiro atoms. The third-order valence-corrected chi connectivity index (χ3v) is 0.986. The fourth-order valence-corrected chi connectivity index (χ4v) is 0.602. The molecule has 0 heterocycles. The van der Waals surface area contributed by atoms with Crippen LogP contribution in [-0.4, -0.2) is 0 Å². The molecule has 0 saturated heterocycles. The summed E-state index contributed by atoms with van der Waals surface area (Å²) >= 11 is 0. The van der Waals surface area contributed by atoms with Crippen LogP contribution in [0.3, 0.4) is 0 Å². The van der Waals surface area contributed by atoms with E-state index < -0.39 is 0 Å². The fourth-order valence-electron chi connectivity index (χ4n) is 0.602. The van der Waals surface area contributed by atoms with E-state index in [1.165, 1.54) is 18.4 Å². The molecule has 10 heavy (non-hydrogen) atoms. The van der Waals surface area contributed by atoms with Gasteiger partial charge in [0.25, 0.3) is 0 Å². The quantitative estimate of drug-likeness (QED) is 0.478. The van der Waals surface area contributed by atoms with E-state index in [0.29, 0.717) is 0 Å². The summed E-state index contributed by atoms with van der Waals surface area (Å²) in [5.41, 5.74) is 1.27. The van der Waals surface area contributed by atoms with Gasteiger partial charge in [0, 0.05) is 0 Å². The van der Waals surface area contributed by atoms with Crippen LogP contribution in [0.5, 0.6) is 0 Å². The first-order chi connectivity index (χ1) is 4.89. The Balaban J connectivity index is 0. The first-order valence-electron chi connectivity index (χ1n) is 4.24. The second-order valence-corrected chi connectivity index (χ2v) is 1.60. The van der Waals surface area contributed by atoms with E-state index >= 15 is 0 Å². The maximum absolute atomic E-state index is 3.77. The molecule has 0 atom stereocenters. The zero-order valence-corrected chi connectivity index (χ0v) is 7.78. The average molecular weight is 140 g/mol. The van der Waals surface area contributed by atoms with Gasteiger partial charge in [-0.25, -0.2) is 0 Å². The molecule has 0 bridgehead atoms. The fraction of sp³-hybridized carbons (Fsp3) is 0.600. The summed E-state index contributed by atoms with van der Waals surface area (Å²) < 4.78 is 0. The van der Waals surface area contributed by atoms with Gasteiger partial charge in [0.2, 0.25) is 0 Å². The minimum Gasteiger partial charge on any atom is -0.0958 e. The molecule has 1 aliphatic rings. The molecular formula is C10H20. The summed E-state index contributed by atoms with van der Waals surface area (Å²) in [6.07, 6.45) is 6.63. The molecule has 0 aromatic heterocycles. The van der Waals surface area contributed by atoms with Gasteiger partial charge < -0.3 is 0 Å². The second kappa shape index (κ2) is 11.3. The molecule has 0 aromatic rings. The molecule has 0 saturated carbocycles. The number of allylic oxidation sites excluding steroid dienone is 3. The van der Waals surface area contributed by atoms with Crippen LogP contribution in [0.25, 0.3) is 0 Å². The van der Waals surface area contributed by atoms with Crippen LogP contribution in [0.15, 0.2) is 24.3 Å². The van der Waals surface area contributed by atoms with Crippen LogP contribution in [0.2, 0.25) is 0 Å². The highest BCUT2D eigenvalue weighted by Crippen LogP contribution is 2.11.